The SMILES string of the molecule is CCNc1nc(OC)nc2c(F)c(-c3ccc(F)c4sc(N)c(C#N)c34)c(C(F)(F)F)cc12.FC1CC2CCCN2C1.O=C(c1cnco1)N1CCCC1. The Balaban J connectivity index is 0.000000189. The third kappa shape index (κ3) is 7.73. The highest BCUT2D eigenvalue weighted by atomic mass is 32.1. The van der Waals surface area contributed by atoms with Crippen LogP contribution in [0.15, 0.2) is 35.2 Å². The molecule has 2 unspecified atom stereocenters. The second-order valence-corrected chi connectivity index (χ2v) is 13.9. The molecule has 0 aliphatic carbocycles. The number of methoxy groups -OCH3 is 1. The number of oxazole rings is 1. The maximum absolute atomic E-state index is 15.9. The van der Waals surface area contributed by atoms with Gasteiger partial charge in [0.15, 0.2) is 12.2 Å². The number of fused-ring (bicyclic) bond motifs is 3. The molecule has 0 spiro atoms. The van der Waals surface area contributed by atoms with Crippen molar-refractivity contribution in [3.8, 4) is 23.2 Å². The number of hydrogen-bond acceptors (Lipinski definition) is 11. The molecule has 11 nitrogen and oxygen atoms in total. The molecule has 5 aromatic rings. The summed E-state index contributed by atoms with van der Waals surface area (Å²) < 4.78 is 95.1. The number of anilines is 2. The topological polar surface area (TPSA) is 146 Å². The van der Waals surface area contributed by atoms with Crippen molar-refractivity contribution in [1.29, 1.82) is 5.26 Å². The van der Waals surface area contributed by atoms with Gasteiger partial charge in [-0.2, -0.15) is 28.4 Å². The molecule has 0 saturated carbocycles. The normalized spacial score (nSPS) is 18.2. The van der Waals surface area contributed by atoms with Crippen LogP contribution < -0.4 is 15.8 Å². The standard InChI is InChI=1S/C21H14F5N5OS.C8H10N2O2.C7H12FN/c1-3-29-19-9-6-11(21(24,25)26)14(15(23)16(9)30-20(31-19)32-2)8-4-5-12(22)17-13(8)10(7-27)18(28)33-17;11-8(7-5-9-6-12-7)10-3-1-2-4-10;8-6-4-7-2-1-3-9(7)5-6/h4-6H,3,28H2,1-2H3,(H,29,30,31);5-6H,1-4H2;6-7H,1-5H2. The van der Waals surface area contributed by atoms with E-state index in [1.54, 1.807) is 17.9 Å². The predicted molar refractivity (Wildman–Crippen MR) is 191 cm³/mol. The van der Waals surface area contributed by atoms with Crippen LogP contribution in [0.1, 0.15) is 60.7 Å². The highest BCUT2D eigenvalue weighted by Gasteiger charge is 2.38. The minimum atomic E-state index is -5.00. The smallest absolute Gasteiger partial charge is 0.417 e. The van der Waals surface area contributed by atoms with Crippen molar-refractivity contribution in [3.63, 3.8) is 0 Å². The highest BCUT2D eigenvalue weighted by Crippen LogP contribution is 2.47. The second kappa shape index (κ2) is 16.1. The fourth-order valence-electron chi connectivity index (χ4n) is 7.02. The molecule has 286 valence electrons. The van der Waals surface area contributed by atoms with Gasteiger partial charge in [0, 0.05) is 48.6 Å². The summed E-state index contributed by atoms with van der Waals surface area (Å²) >= 11 is 0.698. The second-order valence-electron chi connectivity index (χ2n) is 12.8. The first-order valence-corrected chi connectivity index (χ1v) is 18.0. The summed E-state index contributed by atoms with van der Waals surface area (Å²) in [5.74, 6) is -1.85. The molecule has 1 amide bonds. The first-order valence-electron chi connectivity index (χ1n) is 17.2. The Morgan fingerprint density at radius 1 is 1.19 bits per heavy atom. The fraction of sp³-hybridized carbons (Fsp3) is 0.417. The number of aromatic nitrogens is 3. The lowest BCUT2D eigenvalue weighted by Gasteiger charge is -2.18. The van der Waals surface area contributed by atoms with Gasteiger partial charge in [-0.3, -0.25) is 9.69 Å². The summed E-state index contributed by atoms with van der Waals surface area (Å²) in [5, 5.41) is 11.8. The van der Waals surface area contributed by atoms with Crippen LogP contribution in [0.25, 0.3) is 32.1 Å². The molecule has 3 aliphatic rings. The van der Waals surface area contributed by atoms with Crippen molar-refractivity contribution in [1.82, 2.24) is 24.8 Å². The van der Waals surface area contributed by atoms with E-state index in [1.807, 2.05) is 0 Å². The highest BCUT2D eigenvalue weighted by molar-refractivity contribution is 7.23. The largest absolute Gasteiger partial charge is 0.467 e. The third-order valence-electron chi connectivity index (χ3n) is 9.44. The number of halogens is 6. The minimum absolute atomic E-state index is 0.0370. The molecule has 3 aliphatic heterocycles. The van der Waals surface area contributed by atoms with E-state index >= 15 is 4.39 Å². The number of amides is 1. The zero-order valence-electron chi connectivity index (χ0n) is 29.3. The molecule has 0 radical (unpaired) electrons. The van der Waals surface area contributed by atoms with Gasteiger partial charge in [0.05, 0.1) is 29.1 Å². The average molecular weight is 775 g/mol. The van der Waals surface area contributed by atoms with E-state index in [9.17, 15) is 32.0 Å². The number of carbonyl (C=O) groups is 1. The van der Waals surface area contributed by atoms with Crippen LogP contribution in [0, 0.1) is 23.0 Å². The molecule has 2 atom stereocenters. The number of thiophene rings is 1. The average Bonchev–Trinajstić information content (AvgIpc) is 3.99. The number of rotatable bonds is 5. The number of alkyl halides is 4. The number of benzene rings is 2. The monoisotopic (exact) mass is 774 g/mol. The Labute approximate surface area is 309 Å². The van der Waals surface area contributed by atoms with Crippen LogP contribution >= 0.6 is 11.3 Å². The molecule has 54 heavy (non-hydrogen) atoms. The lowest BCUT2D eigenvalue weighted by Crippen LogP contribution is -2.27. The van der Waals surface area contributed by atoms with Crippen LogP contribution in [0.5, 0.6) is 6.01 Å². The number of carbonyl (C=O) groups excluding carboxylic acids is 1. The summed E-state index contributed by atoms with van der Waals surface area (Å²) in [5.41, 5.74) is 2.59. The van der Waals surface area contributed by atoms with Crippen LogP contribution in [0.3, 0.4) is 0 Å². The Kier molecular flexibility index (Phi) is 11.5. The molecular formula is C36H36F6N8O3S. The molecule has 0 bridgehead atoms. The van der Waals surface area contributed by atoms with E-state index in [2.05, 4.69) is 25.2 Å². The quantitative estimate of drug-likeness (QED) is 0.170. The Bertz CT molecular complexity index is 2170. The number of likely N-dealkylation sites (tertiary alicyclic amines) is 1. The molecule has 3 saturated heterocycles. The van der Waals surface area contributed by atoms with E-state index in [-0.39, 0.29) is 55.9 Å². The maximum atomic E-state index is 15.9. The van der Waals surface area contributed by atoms with Gasteiger partial charge < -0.3 is 25.1 Å². The number of nitrogens with two attached hydrogens (primary N) is 1. The lowest BCUT2D eigenvalue weighted by atomic mass is 9.92. The summed E-state index contributed by atoms with van der Waals surface area (Å²) in [6.45, 7) is 5.53. The molecule has 18 heteroatoms. The van der Waals surface area contributed by atoms with E-state index in [0.29, 0.717) is 29.7 Å². The number of ether oxygens (including phenoxy) is 1. The first-order chi connectivity index (χ1) is 25.9. The van der Waals surface area contributed by atoms with E-state index in [4.69, 9.17) is 14.9 Å². The van der Waals surface area contributed by atoms with E-state index < -0.39 is 40.6 Å². The number of nitrogens with zero attached hydrogens (tertiary/aromatic N) is 6. The van der Waals surface area contributed by atoms with Crippen molar-refractivity contribution >= 4 is 49.1 Å². The number of nitrogens with one attached hydrogen (secondary N) is 1. The third-order valence-corrected chi connectivity index (χ3v) is 10.5. The van der Waals surface area contributed by atoms with E-state index in [0.717, 1.165) is 57.1 Å². The summed E-state index contributed by atoms with van der Waals surface area (Å²) in [4.78, 5) is 27.2. The predicted octanol–water partition coefficient (Wildman–Crippen LogP) is 7.81. The van der Waals surface area contributed by atoms with Crippen molar-refractivity contribution in [2.75, 3.05) is 50.9 Å². The summed E-state index contributed by atoms with van der Waals surface area (Å²) in [7, 11) is 1.23. The molecule has 6 heterocycles. The summed E-state index contributed by atoms with van der Waals surface area (Å²) in [6.07, 6.45) is 2.75. The van der Waals surface area contributed by atoms with Crippen LogP contribution in [0.4, 0.5) is 37.2 Å². The number of nitriles is 1. The van der Waals surface area contributed by atoms with Gasteiger partial charge in [0.1, 0.15) is 34.4 Å². The van der Waals surface area contributed by atoms with Gasteiger partial charge in [-0.15, -0.1) is 11.3 Å². The minimum Gasteiger partial charge on any atom is -0.467 e. The Morgan fingerprint density at radius 3 is 2.57 bits per heavy atom. The van der Waals surface area contributed by atoms with Crippen molar-refractivity contribution in [2.24, 2.45) is 0 Å². The zero-order valence-corrected chi connectivity index (χ0v) is 30.1. The first kappa shape index (κ1) is 38.6. The zero-order chi connectivity index (χ0) is 38.7. The molecule has 3 aromatic heterocycles. The van der Waals surface area contributed by atoms with Crippen LogP contribution in [-0.4, -0.2) is 82.7 Å². The fourth-order valence-corrected chi connectivity index (χ4v) is 7.97. The summed E-state index contributed by atoms with van der Waals surface area (Å²) in [6, 6.07) is 4.75. The number of nitrogen functional groups attached to an aromatic ring is 1. The van der Waals surface area contributed by atoms with Gasteiger partial charge in [-0.05, 0) is 63.3 Å². The molecule has 3 fully saturated rings. The molecular weight excluding hydrogens is 739 g/mol. The van der Waals surface area contributed by atoms with Crippen molar-refractivity contribution in [3.05, 3.63) is 59.3 Å². The Morgan fingerprint density at radius 2 is 1.94 bits per heavy atom. The maximum Gasteiger partial charge on any atom is 0.417 e. The van der Waals surface area contributed by atoms with Crippen LogP contribution in [0.2, 0.25) is 0 Å². The number of hydrogen-bond donors (Lipinski definition) is 2. The van der Waals surface area contributed by atoms with E-state index in [1.165, 1.54) is 32.5 Å². The van der Waals surface area contributed by atoms with Gasteiger partial charge in [-0.25, -0.2) is 18.2 Å². The van der Waals surface area contributed by atoms with Crippen molar-refractivity contribution in [2.45, 2.75) is 57.4 Å². The Hall–Kier alpha value is -5.15. The van der Waals surface area contributed by atoms with Gasteiger partial charge in [0.2, 0.25) is 5.76 Å². The molecule has 2 aromatic carbocycles. The molecule has 8 rings (SSSR count). The lowest BCUT2D eigenvalue weighted by molar-refractivity contribution is -0.137. The van der Waals surface area contributed by atoms with Gasteiger partial charge >= 0.3 is 12.2 Å². The van der Waals surface area contributed by atoms with Gasteiger partial charge in [0.25, 0.3) is 5.91 Å². The van der Waals surface area contributed by atoms with Gasteiger partial charge in [-0.1, -0.05) is 6.07 Å². The molecule has 3 N–H and O–H groups in total. The van der Waals surface area contributed by atoms with Crippen molar-refractivity contribution < 1.29 is 40.3 Å². The van der Waals surface area contributed by atoms with Crippen LogP contribution in [-0.2, 0) is 6.18 Å².